The number of rotatable bonds is 7. The van der Waals surface area contributed by atoms with E-state index in [0.29, 0.717) is 6.42 Å². The van der Waals surface area contributed by atoms with Crippen LogP contribution in [0.25, 0.3) is 0 Å². The largest absolute Gasteiger partial charge is 0.493 e. The molecule has 0 amide bonds. The van der Waals surface area contributed by atoms with E-state index in [1.54, 1.807) is 0 Å². The maximum atomic E-state index is 9.42. The number of hydrogen-bond acceptors (Lipinski definition) is 3. The Morgan fingerprint density at radius 2 is 1.91 bits per heavy atom. The molecule has 1 aliphatic heterocycles. The van der Waals surface area contributed by atoms with Crippen molar-refractivity contribution in [3.8, 4) is 5.75 Å². The molecule has 3 heteroatoms. The lowest BCUT2D eigenvalue weighted by molar-refractivity contribution is 0.258. The molecule has 2 aromatic carbocycles. The summed E-state index contributed by atoms with van der Waals surface area (Å²) in [7, 11) is 0. The number of nitrogens with one attached hydrogen (secondary N) is 1. The molecule has 23 heavy (non-hydrogen) atoms. The van der Waals surface area contributed by atoms with Crippen LogP contribution < -0.4 is 10.1 Å². The number of hydrogen-bond donors (Lipinski definition) is 2. The van der Waals surface area contributed by atoms with E-state index >= 15 is 0 Å². The Balaban J connectivity index is 1.79. The average Bonchev–Trinajstić information content (AvgIpc) is 3.07. The predicted molar refractivity (Wildman–Crippen MR) is 92.7 cm³/mol. The minimum atomic E-state index is 0.163. The molecule has 1 heterocycles. The second-order valence-corrected chi connectivity index (χ2v) is 6.07. The molecular formula is C20H25NO2. The van der Waals surface area contributed by atoms with Crippen molar-refractivity contribution in [3.05, 3.63) is 65.2 Å². The van der Waals surface area contributed by atoms with E-state index in [0.717, 1.165) is 25.2 Å². The van der Waals surface area contributed by atoms with Gasteiger partial charge in [-0.1, -0.05) is 49.4 Å². The summed E-state index contributed by atoms with van der Waals surface area (Å²) in [6.45, 7) is 3.17. The van der Waals surface area contributed by atoms with Crippen molar-refractivity contribution in [3.63, 3.8) is 0 Å². The molecule has 0 aromatic heterocycles. The van der Waals surface area contributed by atoms with Crippen LogP contribution in [-0.4, -0.2) is 18.3 Å². The Kier molecular flexibility index (Phi) is 5.31. The molecule has 2 atom stereocenters. The molecule has 1 aliphatic rings. The molecule has 0 fully saturated rings. The Hall–Kier alpha value is -1.84. The fraction of sp³-hybridized carbons (Fsp3) is 0.400. The number of benzene rings is 2. The number of ether oxygens (including phenoxy) is 1. The van der Waals surface area contributed by atoms with Crippen LogP contribution in [0.15, 0.2) is 48.5 Å². The van der Waals surface area contributed by atoms with Crippen molar-refractivity contribution in [2.45, 2.75) is 38.3 Å². The van der Waals surface area contributed by atoms with Crippen LogP contribution in [0.4, 0.5) is 0 Å². The van der Waals surface area contributed by atoms with Gasteiger partial charge in [0, 0.05) is 25.1 Å². The molecule has 0 radical (unpaired) electrons. The van der Waals surface area contributed by atoms with Gasteiger partial charge in [-0.25, -0.2) is 0 Å². The van der Waals surface area contributed by atoms with Gasteiger partial charge in [-0.3, -0.25) is 0 Å². The van der Waals surface area contributed by atoms with Crippen molar-refractivity contribution in [2.24, 2.45) is 0 Å². The van der Waals surface area contributed by atoms with Crippen LogP contribution in [0.5, 0.6) is 5.75 Å². The van der Waals surface area contributed by atoms with Crippen LogP contribution in [0, 0.1) is 0 Å². The maximum Gasteiger partial charge on any atom is 0.122 e. The highest BCUT2D eigenvalue weighted by Gasteiger charge is 2.19. The van der Waals surface area contributed by atoms with Crippen LogP contribution in [0.3, 0.4) is 0 Å². The van der Waals surface area contributed by atoms with E-state index in [1.165, 1.54) is 16.7 Å². The topological polar surface area (TPSA) is 41.5 Å². The minimum absolute atomic E-state index is 0.163. The third kappa shape index (κ3) is 3.74. The zero-order chi connectivity index (χ0) is 16.1. The first-order valence-corrected chi connectivity index (χ1v) is 8.49. The van der Waals surface area contributed by atoms with Crippen LogP contribution >= 0.6 is 0 Å². The van der Waals surface area contributed by atoms with E-state index in [9.17, 15) is 5.11 Å². The molecule has 0 spiro atoms. The molecule has 0 saturated carbocycles. The van der Waals surface area contributed by atoms with Crippen molar-refractivity contribution in [1.82, 2.24) is 5.32 Å². The normalized spacial score (nSPS) is 15.7. The molecule has 1 unspecified atom stereocenters. The summed E-state index contributed by atoms with van der Waals surface area (Å²) in [6.07, 6.45) is 2.72. The van der Waals surface area contributed by atoms with Crippen LogP contribution in [-0.2, 0) is 6.42 Å². The number of fused-ring (bicyclic) bond motifs is 1. The first kappa shape index (κ1) is 16.0. The third-order valence-electron chi connectivity index (χ3n) is 4.55. The standard InChI is InChI=1S/C20H25NO2/c1-2-18(16-8-9-20-17(14-16)11-13-23-20)21-19(10-12-22)15-6-4-3-5-7-15/h3-9,14,18-19,21-22H,2,10-13H2,1H3/t18?,19-/m1/s1. The summed E-state index contributed by atoms with van der Waals surface area (Å²) >= 11 is 0. The quantitative estimate of drug-likeness (QED) is 0.817. The van der Waals surface area contributed by atoms with Gasteiger partial charge in [-0.15, -0.1) is 0 Å². The highest BCUT2D eigenvalue weighted by atomic mass is 16.5. The van der Waals surface area contributed by atoms with E-state index in [4.69, 9.17) is 4.74 Å². The zero-order valence-corrected chi connectivity index (χ0v) is 13.7. The van der Waals surface area contributed by atoms with Crippen molar-refractivity contribution >= 4 is 0 Å². The summed E-state index contributed by atoms with van der Waals surface area (Å²) in [4.78, 5) is 0. The third-order valence-corrected chi connectivity index (χ3v) is 4.55. The molecular weight excluding hydrogens is 286 g/mol. The van der Waals surface area contributed by atoms with Gasteiger partial charge in [-0.2, -0.15) is 0 Å². The van der Waals surface area contributed by atoms with Gasteiger partial charge in [0.05, 0.1) is 6.61 Å². The lowest BCUT2D eigenvalue weighted by Gasteiger charge is -2.26. The fourth-order valence-electron chi connectivity index (χ4n) is 3.28. The van der Waals surface area contributed by atoms with Crippen molar-refractivity contribution in [2.75, 3.05) is 13.2 Å². The van der Waals surface area contributed by atoms with Gasteiger partial charge in [0.25, 0.3) is 0 Å². The molecule has 0 bridgehead atoms. The fourth-order valence-corrected chi connectivity index (χ4v) is 3.28. The summed E-state index contributed by atoms with van der Waals surface area (Å²) in [5, 5.41) is 13.2. The Morgan fingerprint density at radius 3 is 2.65 bits per heavy atom. The Bertz CT molecular complexity index is 627. The molecule has 2 aromatic rings. The van der Waals surface area contributed by atoms with Gasteiger partial charge in [0.1, 0.15) is 5.75 Å². The van der Waals surface area contributed by atoms with Gasteiger partial charge in [0.2, 0.25) is 0 Å². The van der Waals surface area contributed by atoms with E-state index in [1.807, 2.05) is 6.07 Å². The molecule has 2 N–H and O–H groups in total. The highest BCUT2D eigenvalue weighted by molar-refractivity contribution is 5.41. The van der Waals surface area contributed by atoms with Gasteiger partial charge < -0.3 is 15.2 Å². The smallest absolute Gasteiger partial charge is 0.122 e. The molecule has 0 aliphatic carbocycles. The summed E-state index contributed by atoms with van der Waals surface area (Å²) < 4.78 is 5.60. The summed E-state index contributed by atoms with van der Waals surface area (Å²) in [6, 6.07) is 17.3. The number of aliphatic hydroxyl groups excluding tert-OH is 1. The van der Waals surface area contributed by atoms with Crippen molar-refractivity contribution in [1.29, 1.82) is 0 Å². The lowest BCUT2D eigenvalue weighted by atomic mass is 9.97. The second-order valence-electron chi connectivity index (χ2n) is 6.07. The molecule has 122 valence electrons. The van der Waals surface area contributed by atoms with Gasteiger partial charge in [-0.05, 0) is 35.6 Å². The highest BCUT2D eigenvalue weighted by Crippen LogP contribution is 2.30. The lowest BCUT2D eigenvalue weighted by Crippen LogP contribution is -2.27. The maximum absolute atomic E-state index is 9.42. The SMILES string of the molecule is CCC(N[C@H](CCO)c1ccccc1)c1ccc2c(c1)CCO2. The minimum Gasteiger partial charge on any atom is -0.493 e. The van der Waals surface area contributed by atoms with E-state index in [2.05, 4.69) is 54.7 Å². The van der Waals surface area contributed by atoms with Crippen molar-refractivity contribution < 1.29 is 9.84 Å². The molecule has 0 saturated heterocycles. The van der Waals surface area contributed by atoms with E-state index in [-0.39, 0.29) is 18.7 Å². The average molecular weight is 311 g/mol. The summed E-state index contributed by atoms with van der Waals surface area (Å²) in [5.41, 5.74) is 3.83. The monoisotopic (exact) mass is 311 g/mol. The van der Waals surface area contributed by atoms with Gasteiger partial charge in [0.15, 0.2) is 0 Å². The predicted octanol–water partition coefficient (Wildman–Crippen LogP) is 3.79. The second kappa shape index (κ2) is 7.62. The number of aliphatic hydroxyl groups is 1. The molecule has 3 rings (SSSR count). The first-order valence-electron chi connectivity index (χ1n) is 8.49. The van der Waals surface area contributed by atoms with Crippen LogP contribution in [0.1, 0.15) is 48.5 Å². The van der Waals surface area contributed by atoms with Gasteiger partial charge >= 0.3 is 0 Å². The molecule has 3 nitrogen and oxygen atoms in total. The van der Waals surface area contributed by atoms with E-state index < -0.39 is 0 Å². The zero-order valence-electron chi connectivity index (χ0n) is 13.7. The first-order chi connectivity index (χ1) is 11.3. The Morgan fingerprint density at radius 1 is 1.09 bits per heavy atom. The Labute approximate surface area is 138 Å². The summed E-state index contributed by atoms with van der Waals surface area (Å²) in [5.74, 6) is 1.03. The van der Waals surface area contributed by atoms with Crippen LogP contribution in [0.2, 0.25) is 0 Å².